The van der Waals surface area contributed by atoms with Gasteiger partial charge in [0.05, 0.1) is 26.4 Å². The van der Waals surface area contributed by atoms with Gasteiger partial charge in [-0.1, -0.05) is 0 Å². The van der Waals surface area contributed by atoms with Crippen LogP contribution in [0.4, 0.5) is 4.79 Å². The number of quaternary nitrogens is 1. The molecule has 0 fully saturated rings. The van der Waals surface area contributed by atoms with Gasteiger partial charge in [-0.15, -0.1) is 0 Å². The highest BCUT2D eigenvalue weighted by molar-refractivity contribution is 5.92. The molecule has 0 aromatic carbocycles. The highest BCUT2D eigenvalue weighted by Crippen LogP contribution is 2.13. The quantitative estimate of drug-likeness (QED) is 0.645. The van der Waals surface area contributed by atoms with Crippen molar-refractivity contribution in [3.05, 3.63) is 23.5 Å². The van der Waals surface area contributed by atoms with Crippen LogP contribution in [0, 0.1) is 0 Å². The first kappa shape index (κ1) is 13.4. The zero-order valence-electron chi connectivity index (χ0n) is 10.7. The number of aromatic nitrogens is 1. The van der Waals surface area contributed by atoms with Gasteiger partial charge in [-0.25, -0.2) is 4.48 Å². The molecule has 1 aromatic heterocycles. The standard InChI is InChI=1S/C12H18N2O3/c1-5-17-12(16)14(3,4)8-10-6-11(9(2)15)13-7-10/h6-7H,5,8H2,1-4H3/p+1. The number of Topliss-reactive ketones (excluding diaryl/α,β-unsaturated/α-hetero) is 1. The highest BCUT2D eigenvalue weighted by Gasteiger charge is 2.29. The van der Waals surface area contributed by atoms with Crippen LogP contribution >= 0.6 is 0 Å². The van der Waals surface area contributed by atoms with Crippen molar-refractivity contribution in [3.63, 3.8) is 0 Å². The van der Waals surface area contributed by atoms with Crippen LogP contribution in [0.15, 0.2) is 12.3 Å². The minimum Gasteiger partial charge on any atom is -0.420 e. The molecule has 0 saturated carbocycles. The zero-order chi connectivity index (χ0) is 13.1. The number of hydrogen-bond donors (Lipinski definition) is 1. The summed E-state index contributed by atoms with van der Waals surface area (Å²) in [5.41, 5.74) is 1.47. The second kappa shape index (κ2) is 5.14. The molecule has 1 N–H and O–H groups in total. The third-order valence-corrected chi connectivity index (χ3v) is 2.46. The molecule has 5 nitrogen and oxygen atoms in total. The Balaban J connectivity index is 2.75. The summed E-state index contributed by atoms with van der Waals surface area (Å²) in [6.07, 6.45) is 1.47. The summed E-state index contributed by atoms with van der Waals surface area (Å²) in [6.45, 7) is 4.14. The maximum Gasteiger partial charge on any atom is 0.515 e. The molecule has 0 unspecified atom stereocenters. The van der Waals surface area contributed by atoms with Gasteiger partial charge in [-0.05, 0) is 13.0 Å². The molecule has 17 heavy (non-hydrogen) atoms. The monoisotopic (exact) mass is 239 g/mol. The van der Waals surface area contributed by atoms with Crippen molar-refractivity contribution in [1.29, 1.82) is 0 Å². The number of ether oxygens (including phenoxy) is 1. The van der Waals surface area contributed by atoms with Gasteiger partial charge >= 0.3 is 6.09 Å². The number of nitrogens with one attached hydrogen (secondary N) is 1. The zero-order valence-corrected chi connectivity index (χ0v) is 10.7. The lowest BCUT2D eigenvalue weighted by Gasteiger charge is -2.24. The van der Waals surface area contributed by atoms with E-state index in [1.54, 1.807) is 33.3 Å². The summed E-state index contributed by atoms with van der Waals surface area (Å²) >= 11 is 0. The van der Waals surface area contributed by atoms with Crippen LogP contribution in [-0.2, 0) is 11.3 Å². The predicted molar refractivity (Wildman–Crippen MR) is 63.6 cm³/mol. The van der Waals surface area contributed by atoms with Gasteiger partial charge in [0.25, 0.3) is 0 Å². The van der Waals surface area contributed by atoms with E-state index in [4.69, 9.17) is 4.74 Å². The summed E-state index contributed by atoms with van der Waals surface area (Å²) in [7, 11) is 3.55. The van der Waals surface area contributed by atoms with E-state index in [0.717, 1.165) is 5.56 Å². The molecule has 5 heteroatoms. The largest absolute Gasteiger partial charge is 0.515 e. The molecule has 94 valence electrons. The van der Waals surface area contributed by atoms with Crippen molar-refractivity contribution < 1.29 is 18.8 Å². The minimum absolute atomic E-state index is 0.0160. The van der Waals surface area contributed by atoms with Gasteiger partial charge in [0.2, 0.25) is 0 Å². The molecule has 0 aliphatic rings. The van der Waals surface area contributed by atoms with Gasteiger partial charge in [-0.3, -0.25) is 4.79 Å². The minimum atomic E-state index is -0.280. The lowest BCUT2D eigenvalue weighted by molar-refractivity contribution is -0.831. The van der Waals surface area contributed by atoms with Crippen LogP contribution < -0.4 is 0 Å². The Morgan fingerprint density at radius 2 is 2.06 bits per heavy atom. The first-order valence-corrected chi connectivity index (χ1v) is 5.55. The van der Waals surface area contributed by atoms with Gasteiger partial charge in [-0.2, -0.15) is 4.79 Å². The molecular formula is C12H19N2O3+. The van der Waals surface area contributed by atoms with E-state index in [1.165, 1.54) is 6.92 Å². The van der Waals surface area contributed by atoms with Crippen LogP contribution in [0.3, 0.4) is 0 Å². The number of nitrogens with zero attached hydrogens (tertiary/aromatic N) is 1. The van der Waals surface area contributed by atoms with Gasteiger partial charge in [0, 0.05) is 18.7 Å². The number of carbonyl (C=O) groups is 2. The normalized spacial score (nSPS) is 11.3. The number of H-pyrrole nitrogens is 1. The number of rotatable bonds is 4. The molecule has 0 bridgehead atoms. The summed E-state index contributed by atoms with van der Waals surface area (Å²) in [6, 6.07) is 1.77. The second-order valence-corrected chi connectivity index (χ2v) is 4.52. The highest BCUT2D eigenvalue weighted by atomic mass is 16.6. The summed E-state index contributed by atoms with van der Waals surface area (Å²) in [4.78, 5) is 25.7. The average Bonchev–Trinajstić information content (AvgIpc) is 2.66. The Kier molecular flexibility index (Phi) is 4.07. The van der Waals surface area contributed by atoms with E-state index in [9.17, 15) is 9.59 Å². The van der Waals surface area contributed by atoms with E-state index >= 15 is 0 Å². The molecule has 1 amide bonds. The topological polar surface area (TPSA) is 59.2 Å². The maximum absolute atomic E-state index is 11.7. The molecule has 0 spiro atoms. The van der Waals surface area contributed by atoms with Gasteiger partial charge in [0.1, 0.15) is 6.54 Å². The molecule has 0 radical (unpaired) electrons. The smallest absolute Gasteiger partial charge is 0.420 e. The molecule has 1 heterocycles. The fourth-order valence-corrected chi connectivity index (χ4v) is 1.55. The first-order valence-electron chi connectivity index (χ1n) is 5.55. The Hall–Kier alpha value is -1.62. The van der Waals surface area contributed by atoms with E-state index in [-0.39, 0.29) is 16.4 Å². The van der Waals surface area contributed by atoms with E-state index in [1.807, 2.05) is 0 Å². The molecule has 0 aliphatic carbocycles. The van der Waals surface area contributed by atoms with Crippen LogP contribution in [0.2, 0.25) is 0 Å². The summed E-state index contributed by atoms with van der Waals surface area (Å²) < 4.78 is 5.09. The predicted octanol–water partition coefficient (Wildman–Crippen LogP) is 1.95. The van der Waals surface area contributed by atoms with Crippen LogP contribution in [0.5, 0.6) is 0 Å². The Morgan fingerprint density at radius 1 is 1.41 bits per heavy atom. The van der Waals surface area contributed by atoms with Crippen molar-refractivity contribution in [2.75, 3.05) is 20.7 Å². The number of aromatic amines is 1. The molecule has 1 aromatic rings. The fourth-order valence-electron chi connectivity index (χ4n) is 1.55. The van der Waals surface area contributed by atoms with E-state index in [0.29, 0.717) is 18.8 Å². The molecule has 0 atom stereocenters. The van der Waals surface area contributed by atoms with Crippen LogP contribution in [0.25, 0.3) is 0 Å². The maximum atomic E-state index is 11.7. The molecule has 0 aliphatic heterocycles. The number of amides is 1. The second-order valence-electron chi connectivity index (χ2n) is 4.52. The summed E-state index contributed by atoms with van der Waals surface area (Å²) in [5.74, 6) is -0.0160. The average molecular weight is 239 g/mol. The SMILES string of the molecule is CCOC(=O)[N+](C)(C)Cc1c[nH]c(C(C)=O)c1. The number of hydrogen-bond acceptors (Lipinski definition) is 3. The molecule has 1 rings (SSSR count). The number of carbonyl (C=O) groups excluding carboxylic acids is 2. The fraction of sp³-hybridized carbons (Fsp3) is 0.500. The molecule has 0 saturated heterocycles. The first-order chi connectivity index (χ1) is 7.86. The Labute approximate surface area is 101 Å². The van der Waals surface area contributed by atoms with Gasteiger partial charge in [0.15, 0.2) is 5.78 Å². The third-order valence-electron chi connectivity index (χ3n) is 2.46. The van der Waals surface area contributed by atoms with Gasteiger partial charge < -0.3 is 9.72 Å². The number of ketones is 1. The lowest BCUT2D eigenvalue weighted by atomic mass is 10.2. The van der Waals surface area contributed by atoms with Crippen LogP contribution in [-0.4, -0.2) is 42.0 Å². The van der Waals surface area contributed by atoms with E-state index in [2.05, 4.69) is 4.98 Å². The third kappa shape index (κ3) is 3.42. The van der Waals surface area contributed by atoms with Crippen molar-refractivity contribution in [2.45, 2.75) is 20.4 Å². The Morgan fingerprint density at radius 3 is 2.53 bits per heavy atom. The van der Waals surface area contributed by atoms with Crippen molar-refractivity contribution in [3.8, 4) is 0 Å². The lowest BCUT2D eigenvalue weighted by Crippen LogP contribution is -2.44. The van der Waals surface area contributed by atoms with Crippen LogP contribution in [0.1, 0.15) is 29.9 Å². The van der Waals surface area contributed by atoms with Crippen molar-refractivity contribution >= 4 is 11.9 Å². The van der Waals surface area contributed by atoms with Crippen molar-refractivity contribution in [1.82, 2.24) is 4.98 Å². The molecular weight excluding hydrogens is 220 g/mol. The Bertz CT molecular complexity index is 421. The van der Waals surface area contributed by atoms with Crippen molar-refractivity contribution in [2.24, 2.45) is 0 Å². The van der Waals surface area contributed by atoms with E-state index < -0.39 is 0 Å². The summed E-state index contributed by atoms with van der Waals surface area (Å²) in [5, 5.41) is 0.